The van der Waals surface area contributed by atoms with E-state index < -0.39 is 17.5 Å². The van der Waals surface area contributed by atoms with E-state index in [1.165, 1.54) is 18.9 Å². The average molecular weight is 526 g/mol. The number of benzene rings is 2. The number of thioether (sulfide) groups is 1. The minimum Gasteiger partial charge on any atom is -0.495 e. The van der Waals surface area contributed by atoms with Gasteiger partial charge >= 0.3 is 5.97 Å². The summed E-state index contributed by atoms with van der Waals surface area (Å²) in [5.41, 5.74) is 1.77. The molecule has 0 bridgehead atoms. The molecule has 1 amide bonds. The van der Waals surface area contributed by atoms with Crippen LogP contribution >= 0.6 is 23.4 Å². The lowest BCUT2D eigenvalue weighted by molar-refractivity contribution is -0.150. The van der Waals surface area contributed by atoms with Crippen LogP contribution in [0, 0.1) is 11.3 Å². The first-order valence-corrected chi connectivity index (χ1v) is 12.6. The number of carbonyl (C=O) groups excluding carboxylic acids is 2. The summed E-state index contributed by atoms with van der Waals surface area (Å²) in [7, 11) is 1.53. The summed E-state index contributed by atoms with van der Waals surface area (Å²) < 4.78 is 10.9. The highest BCUT2D eigenvalue weighted by Gasteiger charge is 2.37. The van der Waals surface area contributed by atoms with Gasteiger partial charge in [0.25, 0.3) is 0 Å². The molecule has 1 aliphatic heterocycles. The van der Waals surface area contributed by atoms with Gasteiger partial charge in [0.1, 0.15) is 11.4 Å². The number of halogens is 1. The van der Waals surface area contributed by atoms with Crippen molar-refractivity contribution in [3.05, 3.63) is 81.0 Å². The predicted molar refractivity (Wildman–Crippen MR) is 143 cm³/mol. The fourth-order valence-corrected chi connectivity index (χ4v) is 4.71. The molecule has 0 saturated carbocycles. The molecule has 1 heterocycles. The number of allylic oxidation sites excluding steroid dienone is 2. The SMILES string of the molecule is COc1ccccc1NC(=O)CSC1=C(C#N)C(c2ccc(Cl)cc2)C(C(=O)OC(C)(C)C)=C(C)N1. The highest BCUT2D eigenvalue weighted by atomic mass is 35.5. The predicted octanol–water partition coefficient (Wildman–Crippen LogP) is 5.76. The van der Waals surface area contributed by atoms with Crippen molar-refractivity contribution in [1.29, 1.82) is 5.26 Å². The maximum atomic E-state index is 13.2. The zero-order chi connectivity index (χ0) is 26.5. The molecular formula is C27H28ClN3O4S. The molecule has 0 radical (unpaired) electrons. The molecule has 9 heteroatoms. The van der Waals surface area contributed by atoms with Crippen molar-refractivity contribution in [2.75, 3.05) is 18.2 Å². The molecule has 2 N–H and O–H groups in total. The Labute approximate surface area is 220 Å². The number of amides is 1. The number of nitriles is 1. The van der Waals surface area contributed by atoms with E-state index in [-0.39, 0.29) is 11.7 Å². The molecule has 0 fully saturated rings. The van der Waals surface area contributed by atoms with Crippen molar-refractivity contribution in [2.45, 2.75) is 39.2 Å². The highest BCUT2D eigenvalue weighted by Crippen LogP contribution is 2.41. The number of carbonyl (C=O) groups is 2. The molecule has 1 atom stereocenters. The van der Waals surface area contributed by atoms with Crippen LogP contribution in [-0.4, -0.2) is 30.3 Å². The van der Waals surface area contributed by atoms with Gasteiger partial charge in [-0.3, -0.25) is 4.79 Å². The number of hydrogen-bond donors (Lipinski definition) is 2. The third kappa shape index (κ3) is 6.62. The fraction of sp³-hybridized carbons (Fsp3) is 0.296. The minimum atomic E-state index is -0.711. The van der Waals surface area contributed by atoms with Crippen LogP contribution in [0.1, 0.15) is 39.2 Å². The van der Waals surface area contributed by atoms with Crippen LogP contribution in [0.2, 0.25) is 5.02 Å². The monoisotopic (exact) mass is 525 g/mol. The van der Waals surface area contributed by atoms with E-state index in [1.54, 1.807) is 70.2 Å². The van der Waals surface area contributed by atoms with E-state index in [0.29, 0.717) is 43.9 Å². The van der Waals surface area contributed by atoms with Crippen molar-refractivity contribution >= 4 is 40.9 Å². The van der Waals surface area contributed by atoms with Gasteiger partial charge in [-0.2, -0.15) is 5.26 Å². The first-order valence-electron chi connectivity index (χ1n) is 11.2. The molecule has 0 spiro atoms. The number of ether oxygens (including phenoxy) is 2. The molecule has 2 aromatic rings. The fourth-order valence-electron chi connectivity index (χ4n) is 3.69. The number of esters is 1. The molecule has 3 rings (SSSR count). The second-order valence-electron chi connectivity index (χ2n) is 9.04. The molecule has 0 aromatic heterocycles. The van der Waals surface area contributed by atoms with Crippen LogP contribution < -0.4 is 15.4 Å². The summed E-state index contributed by atoms with van der Waals surface area (Å²) in [6.07, 6.45) is 0. The van der Waals surface area contributed by atoms with E-state index in [9.17, 15) is 14.9 Å². The van der Waals surface area contributed by atoms with Crippen LogP contribution in [0.25, 0.3) is 0 Å². The van der Waals surface area contributed by atoms with E-state index in [2.05, 4.69) is 16.7 Å². The quantitative estimate of drug-likeness (QED) is 0.443. The Bertz CT molecular complexity index is 1260. The van der Waals surface area contributed by atoms with Crippen molar-refractivity contribution < 1.29 is 19.1 Å². The normalized spacial score (nSPS) is 15.6. The first-order chi connectivity index (χ1) is 17.0. The van der Waals surface area contributed by atoms with Crippen LogP contribution in [-0.2, 0) is 14.3 Å². The van der Waals surface area contributed by atoms with Gasteiger partial charge < -0.3 is 20.1 Å². The average Bonchev–Trinajstić information content (AvgIpc) is 2.82. The van der Waals surface area contributed by atoms with Gasteiger partial charge in [-0.25, -0.2) is 4.79 Å². The Hall–Kier alpha value is -3.41. The van der Waals surface area contributed by atoms with Crippen molar-refractivity contribution in [3.63, 3.8) is 0 Å². The number of nitrogens with one attached hydrogen (secondary N) is 2. The molecule has 0 aliphatic carbocycles. The number of rotatable bonds is 7. The number of methoxy groups -OCH3 is 1. The number of anilines is 1. The summed E-state index contributed by atoms with van der Waals surface area (Å²) in [6.45, 7) is 7.12. The number of para-hydroxylation sites is 2. The van der Waals surface area contributed by atoms with Crippen LogP contribution in [0.4, 0.5) is 5.69 Å². The van der Waals surface area contributed by atoms with Crippen molar-refractivity contribution in [3.8, 4) is 11.8 Å². The lowest BCUT2D eigenvalue weighted by Gasteiger charge is -2.31. The molecule has 1 unspecified atom stereocenters. The van der Waals surface area contributed by atoms with Crippen LogP contribution in [0.15, 0.2) is 70.4 Å². The van der Waals surface area contributed by atoms with Crippen molar-refractivity contribution in [1.82, 2.24) is 5.32 Å². The molecule has 188 valence electrons. The van der Waals surface area contributed by atoms with Gasteiger partial charge in [0.05, 0.1) is 46.7 Å². The van der Waals surface area contributed by atoms with Gasteiger partial charge in [-0.1, -0.05) is 47.6 Å². The lowest BCUT2D eigenvalue weighted by atomic mass is 9.82. The summed E-state index contributed by atoms with van der Waals surface area (Å²) >= 11 is 7.27. The molecule has 7 nitrogen and oxygen atoms in total. The van der Waals surface area contributed by atoms with Crippen LogP contribution in [0.5, 0.6) is 5.75 Å². The van der Waals surface area contributed by atoms with Crippen LogP contribution in [0.3, 0.4) is 0 Å². The topological polar surface area (TPSA) is 100 Å². The summed E-state index contributed by atoms with van der Waals surface area (Å²) in [6, 6.07) is 16.3. The molecular weight excluding hydrogens is 498 g/mol. The zero-order valence-corrected chi connectivity index (χ0v) is 22.3. The Balaban J connectivity index is 1.92. The lowest BCUT2D eigenvalue weighted by Crippen LogP contribution is -2.32. The van der Waals surface area contributed by atoms with E-state index >= 15 is 0 Å². The van der Waals surface area contributed by atoms with E-state index in [1.807, 2.05) is 6.07 Å². The summed E-state index contributed by atoms with van der Waals surface area (Å²) in [4.78, 5) is 25.9. The van der Waals surface area contributed by atoms with Gasteiger partial charge in [-0.15, -0.1) is 0 Å². The van der Waals surface area contributed by atoms with E-state index in [4.69, 9.17) is 21.1 Å². The Morgan fingerprint density at radius 3 is 2.44 bits per heavy atom. The van der Waals surface area contributed by atoms with Gasteiger partial charge in [0.15, 0.2) is 0 Å². The molecule has 1 aliphatic rings. The zero-order valence-electron chi connectivity index (χ0n) is 20.8. The number of hydrogen-bond acceptors (Lipinski definition) is 7. The van der Waals surface area contributed by atoms with E-state index in [0.717, 1.165) is 0 Å². The smallest absolute Gasteiger partial charge is 0.337 e. The third-order valence-corrected chi connectivity index (χ3v) is 6.47. The maximum absolute atomic E-state index is 13.2. The first kappa shape index (κ1) is 27.2. The standard InChI is InChI=1S/C27H28ClN3O4S/c1-16-23(26(33)35-27(2,3)4)24(17-10-12-18(28)13-11-17)19(14-29)25(30-16)36-15-22(32)31-20-8-6-7-9-21(20)34-5/h6-13,24,30H,15H2,1-5H3,(H,31,32). The number of nitrogens with zero attached hydrogens (tertiary/aromatic N) is 1. The summed E-state index contributed by atoms with van der Waals surface area (Å²) in [5, 5.41) is 17.2. The van der Waals surface area contributed by atoms with Gasteiger partial charge in [-0.05, 0) is 57.5 Å². The molecule has 2 aromatic carbocycles. The maximum Gasteiger partial charge on any atom is 0.337 e. The minimum absolute atomic E-state index is 0.0357. The molecule has 36 heavy (non-hydrogen) atoms. The third-order valence-electron chi connectivity index (χ3n) is 5.20. The highest BCUT2D eigenvalue weighted by molar-refractivity contribution is 8.03. The van der Waals surface area contributed by atoms with Gasteiger partial charge in [0, 0.05) is 10.7 Å². The van der Waals surface area contributed by atoms with Crippen molar-refractivity contribution in [2.24, 2.45) is 0 Å². The number of dihydropyridines is 1. The Kier molecular flexibility index (Phi) is 8.72. The second-order valence-corrected chi connectivity index (χ2v) is 10.5. The largest absolute Gasteiger partial charge is 0.495 e. The Morgan fingerprint density at radius 2 is 1.83 bits per heavy atom. The molecule has 0 saturated heterocycles. The summed E-state index contributed by atoms with van der Waals surface area (Å²) in [5.74, 6) is -0.874. The second kappa shape index (κ2) is 11.5. The Morgan fingerprint density at radius 1 is 1.17 bits per heavy atom. The van der Waals surface area contributed by atoms with Gasteiger partial charge in [0.2, 0.25) is 5.91 Å².